The van der Waals surface area contributed by atoms with Gasteiger partial charge in [-0.2, -0.15) is 11.8 Å². The second-order valence-corrected chi connectivity index (χ2v) is 6.74. The highest BCUT2D eigenvalue weighted by Gasteiger charge is 2.45. The third-order valence-electron chi connectivity index (χ3n) is 3.97. The van der Waals surface area contributed by atoms with Crippen molar-refractivity contribution in [2.24, 2.45) is 5.41 Å². The lowest BCUT2D eigenvalue weighted by molar-refractivity contribution is -0.0518. The Balaban J connectivity index is 2.26. The van der Waals surface area contributed by atoms with Gasteiger partial charge in [-0.25, -0.2) is 8.78 Å². The molecular weight excluding hydrogens is 254 g/mol. The summed E-state index contributed by atoms with van der Waals surface area (Å²) in [6, 6.07) is 3.55. The standard InChI is InChI=1S/C14H18F2OS/c1-13(2)5-6-18-9-14(13,17)8-10-3-4-11(15)7-12(10)16/h3-4,7,17H,5-6,8-9H2,1-2H3. The van der Waals surface area contributed by atoms with Crippen LogP contribution >= 0.6 is 11.8 Å². The Bertz CT molecular complexity index is 447. The van der Waals surface area contributed by atoms with E-state index in [1.807, 2.05) is 13.8 Å². The first-order valence-corrected chi connectivity index (χ1v) is 7.24. The highest BCUT2D eigenvalue weighted by molar-refractivity contribution is 7.99. The number of halogens is 2. The van der Waals surface area contributed by atoms with E-state index in [0.717, 1.165) is 18.2 Å². The molecule has 1 heterocycles. The van der Waals surface area contributed by atoms with Gasteiger partial charge in [0.15, 0.2) is 0 Å². The third kappa shape index (κ3) is 2.54. The summed E-state index contributed by atoms with van der Waals surface area (Å²) in [5.41, 5.74) is -0.803. The maximum atomic E-state index is 13.7. The lowest BCUT2D eigenvalue weighted by Gasteiger charge is -2.46. The van der Waals surface area contributed by atoms with E-state index in [9.17, 15) is 13.9 Å². The average molecular weight is 272 g/mol. The van der Waals surface area contributed by atoms with E-state index in [4.69, 9.17) is 0 Å². The Morgan fingerprint density at radius 2 is 2.06 bits per heavy atom. The van der Waals surface area contributed by atoms with Gasteiger partial charge >= 0.3 is 0 Å². The largest absolute Gasteiger partial charge is 0.388 e. The summed E-state index contributed by atoms with van der Waals surface area (Å²) in [6.45, 7) is 4.02. The Labute approximate surface area is 111 Å². The van der Waals surface area contributed by atoms with Crippen LogP contribution in [0.25, 0.3) is 0 Å². The molecule has 0 aromatic heterocycles. The molecule has 0 saturated carbocycles. The van der Waals surface area contributed by atoms with Gasteiger partial charge in [-0.15, -0.1) is 0 Å². The first-order valence-electron chi connectivity index (χ1n) is 6.08. The number of hydrogen-bond donors (Lipinski definition) is 1. The number of aliphatic hydroxyl groups is 1. The van der Waals surface area contributed by atoms with Crippen molar-refractivity contribution in [3.63, 3.8) is 0 Å². The maximum absolute atomic E-state index is 13.7. The fraction of sp³-hybridized carbons (Fsp3) is 0.571. The normalized spacial score (nSPS) is 27.2. The molecule has 1 aliphatic rings. The van der Waals surface area contributed by atoms with Crippen molar-refractivity contribution >= 4 is 11.8 Å². The molecule has 0 radical (unpaired) electrons. The van der Waals surface area contributed by atoms with Gasteiger partial charge in [-0.3, -0.25) is 0 Å². The smallest absolute Gasteiger partial charge is 0.129 e. The molecule has 1 nitrogen and oxygen atoms in total. The van der Waals surface area contributed by atoms with Crippen LogP contribution in [0, 0.1) is 17.0 Å². The van der Waals surface area contributed by atoms with Crippen LogP contribution in [0.5, 0.6) is 0 Å². The zero-order valence-corrected chi connectivity index (χ0v) is 11.5. The Morgan fingerprint density at radius 1 is 1.33 bits per heavy atom. The van der Waals surface area contributed by atoms with Crippen LogP contribution in [0.3, 0.4) is 0 Å². The SMILES string of the molecule is CC1(C)CCSCC1(O)Cc1ccc(F)cc1F. The van der Waals surface area contributed by atoms with Crippen LogP contribution in [0.1, 0.15) is 25.8 Å². The van der Waals surface area contributed by atoms with E-state index in [1.165, 1.54) is 12.1 Å². The van der Waals surface area contributed by atoms with Crippen LogP contribution < -0.4 is 0 Å². The molecule has 1 fully saturated rings. The Morgan fingerprint density at radius 3 is 2.67 bits per heavy atom. The first-order chi connectivity index (χ1) is 8.34. The molecule has 1 saturated heterocycles. The summed E-state index contributed by atoms with van der Waals surface area (Å²) in [5, 5.41) is 10.8. The van der Waals surface area contributed by atoms with E-state index < -0.39 is 17.2 Å². The monoisotopic (exact) mass is 272 g/mol. The van der Waals surface area contributed by atoms with E-state index in [0.29, 0.717) is 11.3 Å². The lowest BCUT2D eigenvalue weighted by atomic mass is 9.70. The minimum absolute atomic E-state index is 0.235. The maximum Gasteiger partial charge on any atom is 0.129 e. The quantitative estimate of drug-likeness (QED) is 0.890. The Kier molecular flexibility index (Phi) is 3.70. The molecule has 1 atom stereocenters. The van der Waals surface area contributed by atoms with E-state index in [1.54, 1.807) is 11.8 Å². The molecule has 1 unspecified atom stereocenters. The van der Waals surface area contributed by atoms with Crippen LogP contribution in [-0.2, 0) is 6.42 Å². The van der Waals surface area contributed by atoms with Gasteiger partial charge in [0, 0.05) is 18.2 Å². The van der Waals surface area contributed by atoms with Gasteiger partial charge in [0.2, 0.25) is 0 Å². The molecule has 100 valence electrons. The minimum Gasteiger partial charge on any atom is -0.388 e. The topological polar surface area (TPSA) is 20.2 Å². The van der Waals surface area contributed by atoms with Gasteiger partial charge in [0.05, 0.1) is 5.60 Å². The highest BCUT2D eigenvalue weighted by atomic mass is 32.2. The predicted molar refractivity (Wildman–Crippen MR) is 70.7 cm³/mol. The summed E-state index contributed by atoms with van der Waals surface area (Å²) < 4.78 is 26.5. The first kappa shape index (κ1) is 13.8. The summed E-state index contributed by atoms with van der Waals surface area (Å²) >= 11 is 1.69. The zero-order valence-electron chi connectivity index (χ0n) is 10.7. The Hall–Kier alpha value is -0.610. The van der Waals surface area contributed by atoms with Crippen molar-refractivity contribution in [2.45, 2.75) is 32.3 Å². The minimum atomic E-state index is -0.936. The lowest BCUT2D eigenvalue weighted by Crippen LogP contribution is -2.51. The van der Waals surface area contributed by atoms with E-state index in [-0.39, 0.29) is 11.8 Å². The van der Waals surface area contributed by atoms with Crippen molar-refractivity contribution in [3.8, 4) is 0 Å². The second kappa shape index (κ2) is 4.82. The zero-order chi connectivity index (χ0) is 13.4. The molecule has 1 aliphatic heterocycles. The molecule has 1 aromatic rings. The molecule has 0 bridgehead atoms. The number of thioether (sulfide) groups is 1. The summed E-state index contributed by atoms with van der Waals surface area (Å²) in [5.74, 6) is 0.452. The number of hydrogen-bond acceptors (Lipinski definition) is 2. The van der Waals surface area contributed by atoms with Gasteiger partial charge in [-0.05, 0) is 29.2 Å². The fourth-order valence-corrected chi connectivity index (χ4v) is 3.90. The summed E-state index contributed by atoms with van der Waals surface area (Å²) in [6.07, 6.45) is 1.14. The number of rotatable bonds is 2. The molecule has 0 amide bonds. The summed E-state index contributed by atoms with van der Waals surface area (Å²) in [4.78, 5) is 0. The molecule has 2 rings (SSSR count). The molecule has 18 heavy (non-hydrogen) atoms. The third-order valence-corrected chi connectivity index (χ3v) is 5.14. The van der Waals surface area contributed by atoms with Gasteiger partial charge in [0.1, 0.15) is 11.6 Å². The van der Waals surface area contributed by atoms with Crippen molar-refractivity contribution < 1.29 is 13.9 Å². The highest BCUT2D eigenvalue weighted by Crippen LogP contribution is 2.44. The average Bonchev–Trinajstić information content (AvgIpc) is 2.27. The van der Waals surface area contributed by atoms with Crippen LogP contribution in [0.2, 0.25) is 0 Å². The van der Waals surface area contributed by atoms with Crippen molar-refractivity contribution in [2.75, 3.05) is 11.5 Å². The molecule has 1 aromatic carbocycles. The van der Waals surface area contributed by atoms with Crippen molar-refractivity contribution in [3.05, 3.63) is 35.4 Å². The molecule has 0 aliphatic carbocycles. The van der Waals surface area contributed by atoms with E-state index >= 15 is 0 Å². The molecule has 4 heteroatoms. The van der Waals surface area contributed by atoms with Gasteiger partial charge in [0.25, 0.3) is 0 Å². The van der Waals surface area contributed by atoms with Gasteiger partial charge < -0.3 is 5.11 Å². The van der Waals surface area contributed by atoms with Crippen molar-refractivity contribution in [1.29, 1.82) is 0 Å². The molecule has 0 spiro atoms. The van der Waals surface area contributed by atoms with Crippen LogP contribution in [0.4, 0.5) is 8.78 Å². The molecule has 1 N–H and O–H groups in total. The van der Waals surface area contributed by atoms with Crippen LogP contribution in [0.15, 0.2) is 18.2 Å². The molecular formula is C14H18F2OS. The summed E-state index contributed by atoms with van der Waals surface area (Å²) in [7, 11) is 0. The van der Waals surface area contributed by atoms with Crippen LogP contribution in [-0.4, -0.2) is 22.2 Å². The fourth-order valence-electron chi connectivity index (χ4n) is 2.27. The second-order valence-electron chi connectivity index (χ2n) is 5.63. The van der Waals surface area contributed by atoms with E-state index in [2.05, 4.69) is 0 Å². The predicted octanol–water partition coefficient (Wildman–Crippen LogP) is 3.40. The van der Waals surface area contributed by atoms with Gasteiger partial charge in [-0.1, -0.05) is 19.9 Å². The number of benzene rings is 1. The van der Waals surface area contributed by atoms with Crippen molar-refractivity contribution in [1.82, 2.24) is 0 Å².